The van der Waals surface area contributed by atoms with Gasteiger partial charge in [0.25, 0.3) is 0 Å². The Hall–Kier alpha value is -1.24. The van der Waals surface area contributed by atoms with Crippen LogP contribution < -0.4 is 4.18 Å². The van der Waals surface area contributed by atoms with Crippen LogP contribution in [0.1, 0.15) is 11.4 Å². The molecule has 0 fully saturated rings. The molecule has 0 unspecified atom stereocenters. The maximum atomic E-state index is 11.9. The van der Waals surface area contributed by atoms with Gasteiger partial charge in [-0.1, -0.05) is 0 Å². The van der Waals surface area contributed by atoms with Crippen molar-refractivity contribution in [2.45, 2.75) is 13.8 Å². The molecule has 0 aliphatic carbocycles. The van der Waals surface area contributed by atoms with Crippen molar-refractivity contribution in [2.75, 3.05) is 6.01 Å². The molecule has 7 heteroatoms. The van der Waals surface area contributed by atoms with E-state index in [1.54, 1.807) is 19.9 Å². The number of nitrogens with zero attached hydrogens (tertiary/aromatic N) is 2. The Bertz CT molecular complexity index is 412. The predicted molar refractivity (Wildman–Crippen MR) is 47.0 cm³/mol. The van der Waals surface area contributed by atoms with E-state index in [0.717, 1.165) is 0 Å². The molecule has 1 heterocycles. The summed E-state index contributed by atoms with van der Waals surface area (Å²) in [6.45, 7) is 3.31. The van der Waals surface area contributed by atoms with Crippen molar-refractivity contribution in [1.82, 2.24) is 9.97 Å². The first-order valence-corrected chi connectivity index (χ1v) is 5.31. The number of hydrogen-bond acceptors (Lipinski definition) is 5. The summed E-state index contributed by atoms with van der Waals surface area (Å²) in [4.78, 5) is 7.38. The van der Waals surface area contributed by atoms with Gasteiger partial charge in [0.15, 0.2) is 0 Å². The maximum Gasteiger partial charge on any atom is 0.341 e. The second-order valence-electron chi connectivity index (χ2n) is 2.68. The van der Waals surface area contributed by atoms with Crippen molar-refractivity contribution >= 4 is 10.1 Å². The van der Waals surface area contributed by atoms with E-state index >= 15 is 0 Å². The minimum atomic E-state index is -4.20. The summed E-state index contributed by atoms with van der Waals surface area (Å²) in [6.07, 6.45) is 0. The van der Waals surface area contributed by atoms with Crippen LogP contribution in [0.3, 0.4) is 0 Å². The zero-order valence-electron chi connectivity index (χ0n) is 7.69. The molecule has 0 amide bonds. The fourth-order valence-corrected chi connectivity index (χ4v) is 1.21. The minimum Gasteiger partial charge on any atom is -0.341 e. The van der Waals surface area contributed by atoms with Crippen molar-refractivity contribution < 1.29 is 17.0 Å². The normalized spacial score (nSPS) is 11.4. The van der Waals surface area contributed by atoms with Crippen LogP contribution in [-0.2, 0) is 10.1 Å². The molecule has 0 spiro atoms. The zero-order valence-corrected chi connectivity index (χ0v) is 8.51. The van der Waals surface area contributed by atoms with Crippen LogP contribution in [0.5, 0.6) is 6.01 Å². The van der Waals surface area contributed by atoms with E-state index in [9.17, 15) is 12.8 Å². The number of halogens is 1. The van der Waals surface area contributed by atoms with E-state index in [4.69, 9.17) is 0 Å². The van der Waals surface area contributed by atoms with Crippen LogP contribution in [-0.4, -0.2) is 24.4 Å². The summed E-state index contributed by atoms with van der Waals surface area (Å²) < 4.78 is 37.6. The lowest BCUT2D eigenvalue weighted by molar-refractivity contribution is 0.433. The second kappa shape index (κ2) is 3.87. The van der Waals surface area contributed by atoms with Crippen molar-refractivity contribution in [3.05, 3.63) is 17.5 Å². The van der Waals surface area contributed by atoms with E-state index in [1.165, 1.54) is 0 Å². The van der Waals surface area contributed by atoms with Crippen LogP contribution in [0.25, 0.3) is 0 Å². The minimum absolute atomic E-state index is 0.347. The molecule has 5 nitrogen and oxygen atoms in total. The highest BCUT2D eigenvalue weighted by atomic mass is 32.2. The highest BCUT2D eigenvalue weighted by Crippen LogP contribution is 2.08. The van der Waals surface area contributed by atoms with Crippen LogP contribution >= 0.6 is 0 Å². The molecule has 0 saturated carbocycles. The lowest BCUT2D eigenvalue weighted by Crippen LogP contribution is -2.13. The number of hydrogen-bond donors (Lipinski definition) is 0. The third-order valence-corrected chi connectivity index (χ3v) is 1.97. The molecule has 78 valence electrons. The predicted octanol–water partition coefficient (Wildman–Crippen LogP) is 0.729. The van der Waals surface area contributed by atoms with Crippen molar-refractivity contribution in [2.24, 2.45) is 0 Å². The Balaban J connectivity index is 2.98. The summed E-state index contributed by atoms with van der Waals surface area (Å²) in [7, 11) is -4.20. The number of aromatic nitrogens is 2. The average Bonchev–Trinajstić information content (AvgIpc) is 2.01. The molecule has 1 aromatic rings. The van der Waals surface area contributed by atoms with E-state index < -0.39 is 16.1 Å². The van der Waals surface area contributed by atoms with Crippen LogP contribution in [0.4, 0.5) is 4.39 Å². The Morgan fingerprint density at radius 2 is 1.86 bits per heavy atom. The van der Waals surface area contributed by atoms with Gasteiger partial charge < -0.3 is 4.18 Å². The van der Waals surface area contributed by atoms with Gasteiger partial charge in [0.05, 0.1) is 0 Å². The summed E-state index contributed by atoms with van der Waals surface area (Å²) in [5.41, 5.74) is 1.11. The van der Waals surface area contributed by atoms with E-state index in [2.05, 4.69) is 14.2 Å². The lowest BCUT2D eigenvalue weighted by atomic mass is 10.4. The molecule has 0 aliphatic heterocycles. The van der Waals surface area contributed by atoms with Gasteiger partial charge >= 0.3 is 16.1 Å². The molecule has 0 saturated heterocycles. The SMILES string of the molecule is Cc1cc(C)nc(OS(=O)(=O)CF)n1. The molecule has 14 heavy (non-hydrogen) atoms. The number of alkyl halides is 1. The van der Waals surface area contributed by atoms with Crippen molar-refractivity contribution in [3.63, 3.8) is 0 Å². The topological polar surface area (TPSA) is 69.2 Å². The molecule has 0 N–H and O–H groups in total. The molecule has 1 rings (SSSR count). The van der Waals surface area contributed by atoms with E-state index in [0.29, 0.717) is 11.4 Å². The second-order valence-corrected chi connectivity index (χ2v) is 4.18. The molecule has 0 aromatic carbocycles. The van der Waals surface area contributed by atoms with Gasteiger partial charge in [-0.2, -0.15) is 18.4 Å². The third kappa shape index (κ3) is 2.91. The lowest BCUT2D eigenvalue weighted by Gasteiger charge is -2.03. The molecule has 0 bridgehead atoms. The van der Waals surface area contributed by atoms with Gasteiger partial charge in [0.2, 0.25) is 6.01 Å². The van der Waals surface area contributed by atoms with Crippen LogP contribution in [0.15, 0.2) is 6.07 Å². The summed E-state index contributed by atoms with van der Waals surface area (Å²) in [6, 6.07) is -0.293. The summed E-state index contributed by atoms with van der Waals surface area (Å²) in [5.74, 6) is 0. The molecule has 0 aliphatic rings. The molecular formula is C7H9FN2O3S. The largest absolute Gasteiger partial charge is 0.341 e. The van der Waals surface area contributed by atoms with Crippen LogP contribution in [0.2, 0.25) is 0 Å². The molecule has 0 radical (unpaired) electrons. The van der Waals surface area contributed by atoms with Gasteiger partial charge in [-0.05, 0) is 19.9 Å². The first-order chi connectivity index (χ1) is 6.43. The smallest absolute Gasteiger partial charge is 0.341 e. The van der Waals surface area contributed by atoms with Crippen LogP contribution in [0, 0.1) is 13.8 Å². The quantitative estimate of drug-likeness (QED) is 0.702. The standard InChI is InChI=1S/C7H9FN2O3S/c1-5-3-6(2)10-7(9-5)13-14(11,12)4-8/h3H,4H2,1-2H3. The van der Waals surface area contributed by atoms with Gasteiger partial charge in [-0.3, -0.25) is 0 Å². The fraction of sp³-hybridized carbons (Fsp3) is 0.429. The summed E-state index contributed by atoms with van der Waals surface area (Å²) >= 11 is 0. The highest BCUT2D eigenvalue weighted by Gasteiger charge is 2.14. The van der Waals surface area contributed by atoms with Gasteiger partial charge in [0, 0.05) is 11.4 Å². The van der Waals surface area contributed by atoms with Gasteiger partial charge in [-0.25, -0.2) is 4.39 Å². The Morgan fingerprint density at radius 1 is 1.36 bits per heavy atom. The average molecular weight is 220 g/mol. The Labute approximate surface area is 81.1 Å². The first kappa shape index (κ1) is 10.8. The van der Waals surface area contributed by atoms with Crippen molar-refractivity contribution in [1.29, 1.82) is 0 Å². The molecular weight excluding hydrogens is 211 g/mol. The third-order valence-electron chi connectivity index (χ3n) is 1.30. The Kier molecular flexibility index (Phi) is 3.00. The van der Waals surface area contributed by atoms with E-state index in [-0.39, 0.29) is 6.01 Å². The number of rotatable bonds is 3. The number of aryl methyl sites for hydroxylation is 2. The highest BCUT2D eigenvalue weighted by molar-refractivity contribution is 7.86. The fourth-order valence-electron chi connectivity index (χ4n) is 0.867. The first-order valence-electron chi connectivity index (χ1n) is 3.73. The maximum absolute atomic E-state index is 11.9. The molecule has 0 atom stereocenters. The molecule has 1 aromatic heterocycles. The van der Waals surface area contributed by atoms with Crippen molar-refractivity contribution in [3.8, 4) is 6.01 Å². The summed E-state index contributed by atoms with van der Waals surface area (Å²) in [5, 5.41) is 0. The van der Waals surface area contributed by atoms with E-state index in [1.807, 2.05) is 0 Å². The Morgan fingerprint density at radius 3 is 2.29 bits per heavy atom. The van der Waals surface area contributed by atoms with Gasteiger partial charge in [-0.15, -0.1) is 0 Å². The van der Waals surface area contributed by atoms with Gasteiger partial charge in [0.1, 0.15) is 0 Å². The monoisotopic (exact) mass is 220 g/mol. The zero-order chi connectivity index (χ0) is 10.8.